The maximum absolute atomic E-state index is 4.82. The van der Waals surface area contributed by atoms with E-state index in [1.54, 1.807) is 6.20 Å². The second-order valence-corrected chi connectivity index (χ2v) is 8.87. The van der Waals surface area contributed by atoms with Gasteiger partial charge < -0.3 is 9.80 Å². The minimum atomic E-state index is -0.122. The van der Waals surface area contributed by atoms with E-state index in [4.69, 9.17) is 10.1 Å². The van der Waals surface area contributed by atoms with Gasteiger partial charge >= 0.3 is 0 Å². The Morgan fingerprint density at radius 2 is 1.87 bits per heavy atom. The molecule has 0 bridgehead atoms. The highest BCUT2D eigenvalue weighted by atomic mass is 15.4. The molecule has 0 unspecified atom stereocenters. The van der Waals surface area contributed by atoms with Crippen molar-refractivity contribution in [3.8, 4) is 0 Å². The normalized spacial score (nSPS) is 15.0. The van der Waals surface area contributed by atoms with Crippen LogP contribution in [0.5, 0.6) is 0 Å². The molecular weight excluding hydrogens is 378 g/mol. The Morgan fingerprint density at radius 3 is 2.63 bits per heavy atom. The van der Waals surface area contributed by atoms with E-state index in [1.807, 2.05) is 35.7 Å². The molecule has 0 spiro atoms. The highest BCUT2D eigenvalue weighted by Crippen LogP contribution is 2.29. The van der Waals surface area contributed by atoms with Gasteiger partial charge in [-0.25, -0.2) is 15.0 Å². The van der Waals surface area contributed by atoms with E-state index in [-0.39, 0.29) is 5.41 Å². The third-order valence-corrected chi connectivity index (χ3v) is 5.55. The van der Waals surface area contributed by atoms with Crippen LogP contribution in [0.2, 0.25) is 0 Å². The number of rotatable bonds is 3. The maximum atomic E-state index is 4.82. The first-order valence-electron chi connectivity index (χ1n) is 10.1. The summed E-state index contributed by atoms with van der Waals surface area (Å²) in [6, 6.07) is 8.29. The standard InChI is InChI=1S/C21H25N9/c1-13-23-18-15(7-6-10-22-18)19(24-13)28(5)14-11-29(12-14)17-9-8-16-25-26-20(21(2,3)4)30(16)27-17/h6-10,14H,11-12H2,1-5H3. The Kier molecular flexibility index (Phi) is 4.09. The van der Waals surface area contributed by atoms with Crippen LogP contribution in [0, 0.1) is 6.92 Å². The SMILES string of the molecule is Cc1nc(N(C)C2CN(c3ccc4nnc(C(C)(C)C)n4n3)C2)c2cccnc2n1. The zero-order valence-corrected chi connectivity index (χ0v) is 17.9. The van der Waals surface area contributed by atoms with Gasteiger partial charge in [0.25, 0.3) is 0 Å². The Balaban J connectivity index is 1.39. The number of hydrogen-bond acceptors (Lipinski definition) is 8. The third-order valence-electron chi connectivity index (χ3n) is 5.55. The molecule has 9 heteroatoms. The highest BCUT2D eigenvalue weighted by Gasteiger charge is 2.33. The van der Waals surface area contributed by atoms with Gasteiger partial charge in [-0.2, -0.15) is 4.52 Å². The molecule has 9 nitrogen and oxygen atoms in total. The summed E-state index contributed by atoms with van der Waals surface area (Å²) in [5.74, 6) is 3.45. The molecular formula is C21H25N9. The third kappa shape index (κ3) is 3.01. The largest absolute Gasteiger partial charge is 0.352 e. The van der Waals surface area contributed by atoms with Gasteiger partial charge in [0.05, 0.1) is 11.4 Å². The molecule has 4 aromatic heterocycles. The average molecular weight is 403 g/mol. The fraction of sp³-hybridized carbons (Fsp3) is 0.429. The van der Waals surface area contributed by atoms with Crippen LogP contribution < -0.4 is 9.80 Å². The van der Waals surface area contributed by atoms with Gasteiger partial charge in [0.2, 0.25) is 0 Å². The lowest BCUT2D eigenvalue weighted by molar-refractivity contribution is 0.483. The number of pyridine rings is 1. The predicted molar refractivity (Wildman–Crippen MR) is 116 cm³/mol. The summed E-state index contributed by atoms with van der Waals surface area (Å²) in [6.45, 7) is 10.0. The van der Waals surface area contributed by atoms with Gasteiger partial charge in [-0.15, -0.1) is 15.3 Å². The van der Waals surface area contributed by atoms with Gasteiger partial charge in [0.15, 0.2) is 17.1 Å². The predicted octanol–water partition coefficient (Wildman–Crippen LogP) is 2.39. The zero-order valence-electron chi connectivity index (χ0n) is 17.9. The minimum Gasteiger partial charge on any atom is -0.352 e. The van der Waals surface area contributed by atoms with E-state index in [0.29, 0.717) is 6.04 Å². The molecule has 0 atom stereocenters. The van der Waals surface area contributed by atoms with Crippen molar-refractivity contribution in [3.63, 3.8) is 0 Å². The fourth-order valence-corrected chi connectivity index (χ4v) is 3.80. The first-order valence-corrected chi connectivity index (χ1v) is 10.1. The summed E-state index contributed by atoms with van der Waals surface area (Å²) in [5, 5.41) is 14.4. The molecule has 5 rings (SSSR count). The summed E-state index contributed by atoms with van der Waals surface area (Å²) in [7, 11) is 2.09. The number of likely N-dealkylation sites (N-methyl/N-ethyl adjacent to an activating group) is 1. The minimum absolute atomic E-state index is 0.122. The smallest absolute Gasteiger partial charge is 0.178 e. The topological polar surface area (TPSA) is 88.2 Å². The van der Waals surface area contributed by atoms with Crippen LogP contribution in [0.4, 0.5) is 11.6 Å². The van der Waals surface area contributed by atoms with E-state index < -0.39 is 0 Å². The summed E-state index contributed by atoms with van der Waals surface area (Å²) < 4.78 is 1.86. The summed E-state index contributed by atoms with van der Waals surface area (Å²) in [4.78, 5) is 18.0. The second kappa shape index (κ2) is 6.58. The quantitative estimate of drug-likeness (QED) is 0.515. The van der Waals surface area contributed by atoms with Crippen molar-refractivity contribution in [2.75, 3.05) is 29.9 Å². The van der Waals surface area contributed by atoms with Gasteiger partial charge in [0.1, 0.15) is 17.5 Å². The molecule has 4 aromatic rings. The molecule has 1 saturated heterocycles. The Morgan fingerprint density at radius 1 is 1.07 bits per heavy atom. The van der Waals surface area contributed by atoms with Crippen LogP contribution in [-0.2, 0) is 5.41 Å². The van der Waals surface area contributed by atoms with E-state index in [0.717, 1.165) is 53.1 Å². The molecule has 0 N–H and O–H groups in total. The molecule has 0 saturated carbocycles. The van der Waals surface area contributed by atoms with Crippen LogP contribution in [0.25, 0.3) is 16.7 Å². The van der Waals surface area contributed by atoms with E-state index in [9.17, 15) is 0 Å². The molecule has 1 fully saturated rings. The van der Waals surface area contributed by atoms with Crippen LogP contribution in [0.15, 0.2) is 30.5 Å². The Bertz CT molecular complexity index is 1230. The van der Waals surface area contributed by atoms with Crippen LogP contribution in [-0.4, -0.2) is 60.9 Å². The van der Waals surface area contributed by atoms with Crippen molar-refractivity contribution in [1.82, 2.24) is 34.8 Å². The molecule has 1 aliphatic heterocycles. The van der Waals surface area contributed by atoms with Gasteiger partial charge in [-0.05, 0) is 31.2 Å². The maximum Gasteiger partial charge on any atom is 0.178 e. The second-order valence-electron chi connectivity index (χ2n) is 8.87. The van der Waals surface area contributed by atoms with E-state index >= 15 is 0 Å². The lowest BCUT2D eigenvalue weighted by Crippen LogP contribution is -2.59. The number of hydrogen-bond donors (Lipinski definition) is 0. The van der Waals surface area contributed by atoms with Crippen LogP contribution >= 0.6 is 0 Å². The molecule has 5 heterocycles. The van der Waals surface area contributed by atoms with Crippen molar-refractivity contribution in [3.05, 3.63) is 42.1 Å². The van der Waals surface area contributed by atoms with Crippen molar-refractivity contribution in [2.24, 2.45) is 0 Å². The molecule has 0 radical (unpaired) electrons. The summed E-state index contributed by atoms with van der Waals surface area (Å²) in [6.07, 6.45) is 1.77. The molecule has 0 aliphatic carbocycles. The Hall–Kier alpha value is -3.36. The fourth-order valence-electron chi connectivity index (χ4n) is 3.80. The molecule has 0 aromatic carbocycles. The lowest BCUT2D eigenvalue weighted by Gasteiger charge is -2.45. The molecule has 154 valence electrons. The Labute approximate surface area is 174 Å². The molecule has 0 amide bonds. The van der Waals surface area contributed by atoms with E-state index in [2.05, 4.69) is 57.8 Å². The van der Waals surface area contributed by atoms with E-state index in [1.165, 1.54) is 0 Å². The van der Waals surface area contributed by atoms with Crippen molar-refractivity contribution in [1.29, 1.82) is 0 Å². The van der Waals surface area contributed by atoms with Crippen LogP contribution in [0.1, 0.15) is 32.4 Å². The number of nitrogens with zero attached hydrogens (tertiary/aromatic N) is 9. The van der Waals surface area contributed by atoms with Crippen LogP contribution in [0.3, 0.4) is 0 Å². The number of fused-ring (bicyclic) bond motifs is 2. The molecule has 1 aliphatic rings. The van der Waals surface area contributed by atoms with Crippen molar-refractivity contribution in [2.45, 2.75) is 39.2 Å². The first kappa shape index (κ1) is 18.7. The summed E-state index contributed by atoms with van der Waals surface area (Å²) >= 11 is 0. The molecule has 30 heavy (non-hydrogen) atoms. The average Bonchev–Trinajstić information content (AvgIpc) is 3.09. The number of aryl methyl sites for hydroxylation is 1. The van der Waals surface area contributed by atoms with Gasteiger partial charge in [0, 0.05) is 31.7 Å². The lowest BCUT2D eigenvalue weighted by atomic mass is 9.96. The number of anilines is 2. The van der Waals surface area contributed by atoms with Crippen molar-refractivity contribution < 1.29 is 0 Å². The van der Waals surface area contributed by atoms with Crippen molar-refractivity contribution >= 4 is 28.3 Å². The summed E-state index contributed by atoms with van der Waals surface area (Å²) in [5.41, 5.74) is 1.38. The first-order chi connectivity index (χ1) is 14.3. The highest BCUT2D eigenvalue weighted by molar-refractivity contribution is 5.87. The number of aromatic nitrogens is 7. The van der Waals surface area contributed by atoms with Gasteiger partial charge in [-0.3, -0.25) is 0 Å². The van der Waals surface area contributed by atoms with Gasteiger partial charge in [-0.1, -0.05) is 20.8 Å². The zero-order chi connectivity index (χ0) is 21.0. The monoisotopic (exact) mass is 403 g/mol.